The Morgan fingerprint density at radius 1 is 0.600 bits per heavy atom. The highest BCUT2D eigenvalue weighted by Crippen LogP contribution is 2.22. The van der Waals surface area contributed by atoms with Gasteiger partial charge in [0.15, 0.2) is 0 Å². The van der Waals surface area contributed by atoms with Gasteiger partial charge in [0.2, 0.25) is 0 Å². The Morgan fingerprint density at radius 3 is 1.47 bits per heavy atom. The van der Waals surface area contributed by atoms with E-state index in [-0.39, 0.29) is 0 Å². The van der Waals surface area contributed by atoms with Crippen LogP contribution in [0.1, 0.15) is 57.8 Å². The van der Waals surface area contributed by atoms with Gasteiger partial charge in [0, 0.05) is 0 Å². The fourth-order valence-corrected chi connectivity index (χ4v) is 2.72. The average molecular weight is 212 g/mol. The van der Waals surface area contributed by atoms with Crippen LogP contribution in [0.4, 0.5) is 0 Å². The molecule has 0 aliphatic heterocycles. The molecule has 0 saturated heterocycles. The second-order valence-corrected chi connectivity index (χ2v) is 4.91. The van der Waals surface area contributed by atoms with E-state index in [2.05, 4.69) is 0 Å². The van der Waals surface area contributed by atoms with Gasteiger partial charge in [-0.1, -0.05) is 32.1 Å². The quantitative estimate of drug-likeness (QED) is 0.651. The zero-order valence-electron chi connectivity index (χ0n) is 9.75. The molecule has 2 aliphatic rings. The highest BCUT2D eigenvalue weighted by atomic mass is 16.5. The van der Waals surface area contributed by atoms with Crippen molar-refractivity contribution >= 4 is 0 Å². The third-order valence-electron chi connectivity index (χ3n) is 3.64. The third kappa shape index (κ3) is 4.12. The molecule has 2 aliphatic carbocycles. The molecule has 2 fully saturated rings. The van der Waals surface area contributed by atoms with Crippen molar-refractivity contribution in [3.05, 3.63) is 0 Å². The van der Waals surface area contributed by atoms with Crippen molar-refractivity contribution in [2.24, 2.45) is 0 Å². The van der Waals surface area contributed by atoms with Gasteiger partial charge >= 0.3 is 0 Å². The van der Waals surface area contributed by atoms with Crippen LogP contribution in [-0.2, 0) is 9.47 Å². The molecule has 2 heteroatoms. The molecule has 0 spiro atoms. The first kappa shape index (κ1) is 11.4. The Labute approximate surface area is 93.3 Å². The van der Waals surface area contributed by atoms with Gasteiger partial charge in [-0.2, -0.15) is 0 Å². The van der Waals surface area contributed by atoms with Crippen molar-refractivity contribution in [1.82, 2.24) is 0 Å². The molecule has 15 heavy (non-hydrogen) atoms. The first-order valence-electron chi connectivity index (χ1n) is 6.68. The molecule has 0 unspecified atom stereocenters. The van der Waals surface area contributed by atoms with Crippen LogP contribution in [0, 0.1) is 0 Å². The molecule has 0 heterocycles. The Bertz CT molecular complexity index is 158. The van der Waals surface area contributed by atoms with Gasteiger partial charge < -0.3 is 9.47 Å². The number of hydrogen-bond acceptors (Lipinski definition) is 2. The summed E-state index contributed by atoms with van der Waals surface area (Å²) in [4.78, 5) is 0. The highest BCUT2D eigenvalue weighted by Gasteiger charge is 2.16. The van der Waals surface area contributed by atoms with Gasteiger partial charge in [0.1, 0.15) is 0 Å². The summed E-state index contributed by atoms with van der Waals surface area (Å²) >= 11 is 0. The molecule has 2 nitrogen and oxygen atoms in total. The second-order valence-electron chi connectivity index (χ2n) is 4.91. The van der Waals surface area contributed by atoms with Crippen LogP contribution in [0.15, 0.2) is 0 Å². The van der Waals surface area contributed by atoms with E-state index in [1.165, 1.54) is 57.8 Å². The molecule has 0 aromatic rings. The van der Waals surface area contributed by atoms with Crippen molar-refractivity contribution in [2.45, 2.75) is 70.0 Å². The molecule has 2 rings (SSSR count). The van der Waals surface area contributed by atoms with E-state index >= 15 is 0 Å². The standard InChI is InChI=1S/C13H24O2/c1-2-6-12(7-3-1)14-10-11-15-13-8-4-5-9-13/h12-13H,1-11H2. The maximum Gasteiger partial charge on any atom is 0.0704 e. The van der Waals surface area contributed by atoms with Gasteiger partial charge in [0.05, 0.1) is 25.4 Å². The van der Waals surface area contributed by atoms with Gasteiger partial charge in [-0.25, -0.2) is 0 Å². The van der Waals surface area contributed by atoms with E-state index in [4.69, 9.17) is 9.47 Å². The topological polar surface area (TPSA) is 18.5 Å². The van der Waals surface area contributed by atoms with E-state index in [0.717, 1.165) is 13.2 Å². The fraction of sp³-hybridized carbons (Fsp3) is 1.00. The van der Waals surface area contributed by atoms with Crippen LogP contribution in [0.25, 0.3) is 0 Å². The first-order chi connectivity index (χ1) is 7.45. The molecule has 0 atom stereocenters. The van der Waals surface area contributed by atoms with Crippen molar-refractivity contribution in [3.8, 4) is 0 Å². The van der Waals surface area contributed by atoms with Gasteiger partial charge in [-0.15, -0.1) is 0 Å². The van der Waals surface area contributed by atoms with Gasteiger partial charge in [0.25, 0.3) is 0 Å². The summed E-state index contributed by atoms with van der Waals surface area (Å²) in [6.07, 6.45) is 13.0. The first-order valence-corrected chi connectivity index (χ1v) is 6.68. The van der Waals surface area contributed by atoms with Crippen LogP contribution in [0.2, 0.25) is 0 Å². The molecular formula is C13H24O2. The molecule has 0 aromatic heterocycles. The van der Waals surface area contributed by atoms with Gasteiger partial charge in [-0.3, -0.25) is 0 Å². The summed E-state index contributed by atoms with van der Waals surface area (Å²) in [5.41, 5.74) is 0. The molecule has 0 amide bonds. The third-order valence-corrected chi connectivity index (χ3v) is 3.64. The molecule has 2 saturated carbocycles. The van der Waals surface area contributed by atoms with Gasteiger partial charge in [-0.05, 0) is 25.7 Å². The monoisotopic (exact) mass is 212 g/mol. The molecule has 0 bridgehead atoms. The van der Waals surface area contributed by atoms with E-state index in [9.17, 15) is 0 Å². The van der Waals surface area contributed by atoms with E-state index in [0.29, 0.717) is 12.2 Å². The zero-order chi connectivity index (χ0) is 10.3. The average Bonchev–Trinajstić information content (AvgIpc) is 2.79. The largest absolute Gasteiger partial charge is 0.376 e. The van der Waals surface area contributed by atoms with Crippen molar-refractivity contribution < 1.29 is 9.47 Å². The Hall–Kier alpha value is -0.0800. The molecule has 0 aromatic carbocycles. The maximum atomic E-state index is 5.82. The smallest absolute Gasteiger partial charge is 0.0704 e. The minimum absolute atomic E-state index is 0.533. The van der Waals surface area contributed by atoms with Crippen LogP contribution >= 0.6 is 0 Å². The molecule has 88 valence electrons. The summed E-state index contributed by atoms with van der Waals surface area (Å²) < 4.78 is 11.6. The Kier molecular flexibility index (Phi) is 4.94. The van der Waals surface area contributed by atoms with E-state index in [1.807, 2.05) is 0 Å². The summed E-state index contributed by atoms with van der Waals surface area (Å²) in [6.45, 7) is 1.61. The predicted molar refractivity (Wildman–Crippen MR) is 61.0 cm³/mol. The number of ether oxygens (including phenoxy) is 2. The summed E-state index contributed by atoms with van der Waals surface area (Å²) in [6, 6.07) is 0. The van der Waals surface area contributed by atoms with Crippen molar-refractivity contribution in [2.75, 3.05) is 13.2 Å². The lowest BCUT2D eigenvalue weighted by atomic mass is 9.98. The van der Waals surface area contributed by atoms with Crippen molar-refractivity contribution in [3.63, 3.8) is 0 Å². The maximum absolute atomic E-state index is 5.82. The normalized spacial score (nSPS) is 24.8. The number of hydrogen-bond donors (Lipinski definition) is 0. The SMILES string of the molecule is C1CCC(OCCOC2CCCC2)CC1. The Morgan fingerprint density at radius 2 is 1.00 bits per heavy atom. The lowest BCUT2D eigenvalue weighted by molar-refractivity contribution is -0.0301. The minimum Gasteiger partial charge on any atom is -0.376 e. The van der Waals surface area contributed by atoms with E-state index < -0.39 is 0 Å². The van der Waals surface area contributed by atoms with Crippen LogP contribution in [0.3, 0.4) is 0 Å². The summed E-state index contributed by atoms with van der Waals surface area (Å²) in [7, 11) is 0. The van der Waals surface area contributed by atoms with E-state index in [1.54, 1.807) is 0 Å². The Balaban J connectivity index is 1.47. The van der Waals surface area contributed by atoms with Crippen molar-refractivity contribution in [1.29, 1.82) is 0 Å². The molecular weight excluding hydrogens is 188 g/mol. The van der Waals surface area contributed by atoms with Crippen LogP contribution in [-0.4, -0.2) is 25.4 Å². The fourth-order valence-electron chi connectivity index (χ4n) is 2.72. The molecule has 0 N–H and O–H groups in total. The lowest BCUT2D eigenvalue weighted by Crippen LogP contribution is -2.20. The predicted octanol–water partition coefficient (Wildman–Crippen LogP) is 3.29. The summed E-state index contributed by atoms with van der Waals surface area (Å²) in [5, 5.41) is 0. The van der Waals surface area contributed by atoms with Crippen LogP contribution in [0.5, 0.6) is 0 Å². The second kappa shape index (κ2) is 6.49. The summed E-state index contributed by atoms with van der Waals surface area (Å²) in [5.74, 6) is 0. The molecule has 0 radical (unpaired) electrons. The minimum atomic E-state index is 0.533. The van der Waals surface area contributed by atoms with Crippen LogP contribution < -0.4 is 0 Å². The zero-order valence-corrected chi connectivity index (χ0v) is 9.75. The lowest BCUT2D eigenvalue weighted by Gasteiger charge is -2.22. The number of rotatable bonds is 5. The highest BCUT2D eigenvalue weighted by molar-refractivity contribution is 4.67.